The molecule has 4 amide bonds. The summed E-state index contributed by atoms with van der Waals surface area (Å²) in [6.07, 6.45) is 2.97. The number of nitrogens with zero attached hydrogens (tertiary/aromatic N) is 2. The van der Waals surface area contributed by atoms with Gasteiger partial charge in [-0.15, -0.1) is 0 Å². The quantitative estimate of drug-likeness (QED) is 0.630. The van der Waals surface area contributed by atoms with E-state index < -0.39 is 17.8 Å². The van der Waals surface area contributed by atoms with Crippen molar-refractivity contribution in [3.05, 3.63) is 59.1 Å². The van der Waals surface area contributed by atoms with Gasteiger partial charge in [0.25, 0.3) is 11.8 Å². The van der Waals surface area contributed by atoms with Crippen LogP contribution in [-0.4, -0.2) is 49.0 Å². The van der Waals surface area contributed by atoms with Crippen LogP contribution in [0, 0.1) is 6.92 Å². The minimum Gasteiger partial charge on any atom is -0.467 e. The first kappa shape index (κ1) is 18.9. The van der Waals surface area contributed by atoms with E-state index in [0.717, 1.165) is 29.2 Å². The summed E-state index contributed by atoms with van der Waals surface area (Å²) in [6.45, 7) is 4.98. The van der Waals surface area contributed by atoms with Crippen LogP contribution in [0.2, 0.25) is 0 Å². The molecule has 4 rings (SSSR count). The van der Waals surface area contributed by atoms with E-state index in [1.165, 1.54) is 12.3 Å². The first-order valence-corrected chi connectivity index (χ1v) is 9.37. The fourth-order valence-electron chi connectivity index (χ4n) is 3.49. The molecule has 1 aromatic carbocycles. The second-order valence-electron chi connectivity index (χ2n) is 6.93. The van der Waals surface area contributed by atoms with Gasteiger partial charge >= 0.3 is 6.03 Å². The minimum atomic E-state index is -0.757. The highest BCUT2D eigenvalue weighted by atomic mass is 16.5. The van der Waals surface area contributed by atoms with Gasteiger partial charge in [-0.1, -0.05) is 6.07 Å². The van der Waals surface area contributed by atoms with Crippen LogP contribution < -0.4 is 10.2 Å². The molecular formula is C21H21N3O5. The third-order valence-corrected chi connectivity index (χ3v) is 4.96. The molecule has 150 valence electrons. The molecule has 29 heavy (non-hydrogen) atoms. The number of barbiturate groups is 1. The topological polar surface area (TPSA) is 92.1 Å². The van der Waals surface area contributed by atoms with Crippen molar-refractivity contribution in [3.63, 3.8) is 0 Å². The summed E-state index contributed by atoms with van der Waals surface area (Å²) in [5.74, 6) is -0.899. The summed E-state index contributed by atoms with van der Waals surface area (Å²) < 4.78 is 10.6. The van der Waals surface area contributed by atoms with Crippen molar-refractivity contribution in [2.24, 2.45) is 0 Å². The largest absolute Gasteiger partial charge is 0.467 e. The molecule has 0 bridgehead atoms. The monoisotopic (exact) mass is 395 g/mol. The lowest BCUT2D eigenvalue weighted by Gasteiger charge is -2.30. The predicted octanol–water partition coefficient (Wildman–Crippen LogP) is 2.09. The number of carbonyl (C=O) groups excluding carboxylic acids is 3. The summed E-state index contributed by atoms with van der Waals surface area (Å²) in [7, 11) is 0. The number of ether oxygens (including phenoxy) is 1. The molecule has 8 nitrogen and oxygen atoms in total. The number of furan rings is 1. The number of carbonyl (C=O) groups is 3. The van der Waals surface area contributed by atoms with Gasteiger partial charge in [0.1, 0.15) is 11.3 Å². The highest BCUT2D eigenvalue weighted by molar-refractivity contribution is 6.30. The maximum Gasteiger partial charge on any atom is 0.331 e. The van der Waals surface area contributed by atoms with E-state index in [1.807, 2.05) is 25.1 Å². The van der Waals surface area contributed by atoms with E-state index in [9.17, 15) is 14.4 Å². The Kier molecular flexibility index (Phi) is 5.18. The highest BCUT2D eigenvalue weighted by Crippen LogP contribution is 2.24. The Morgan fingerprint density at radius 3 is 2.62 bits per heavy atom. The summed E-state index contributed by atoms with van der Waals surface area (Å²) in [5.41, 5.74) is 2.76. The summed E-state index contributed by atoms with van der Waals surface area (Å²) in [5, 5.41) is 2.22. The molecule has 2 fully saturated rings. The fraction of sp³-hybridized carbons (Fsp3) is 0.286. The van der Waals surface area contributed by atoms with Crippen LogP contribution in [0.4, 0.5) is 10.5 Å². The first-order chi connectivity index (χ1) is 14.0. The smallest absolute Gasteiger partial charge is 0.331 e. The van der Waals surface area contributed by atoms with Crippen molar-refractivity contribution in [2.45, 2.75) is 13.5 Å². The zero-order valence-corrected chi connectivity index (χ0v) is 16.0. The molecule has 0 unspecified atom stereocenters. The third kappa shape index (κ3) is 3.93. The van der Waals surface area contributed by atoms with Crippen molar-refractivity contribution in [1.29, 1.82) is 0 Å². The van der Waals surface area contributed by atoms with Gasteiger partial charge in [0.2, 0.25) is 0 Å². The number of amides is 4. The van der Waals surface area contributed by atoms with E-state index in [-0.39, 0.29) is 12.1 Å². The van der Waals surface area contributed by atoms with Crippen molar-refractivity contribution in [1.82, 2.24) is 10.2 Å². The summed E-state index contributed by atoms with van der Waals surface area (Å²) in [6, 6.07) is 8.33. The summed E-state index contributed by atoms with van der Waals surface area (Å²) in [4.78, 5) is 40.4. The lowest BCUT2D eigenvalue weighted by molar-refractivity contribution is -0.130. The van der Waals surface area contributed by atoms with Crippen LogP contribution in [0.3, 0.4) is 0 Å². The van der Waals surface area contributed by atoms with Gasteiger partial charge in [-0.05, 0) is 48.4 Å². The number of hydrogen-bond acceptors (Lipinski definition) is 6. The zero-order chi connectivity index (χ0) is 20.4. The van der Waals surface area contributed by atoms with Crippen molar-refractivity contribution in [2.75, 3.05) is 31.2 Å². The standard InChI is InChI=1S/C21H21N3O5/c1-14-11-15(4-5-18(14)23-6-9-28-10-7-23)12-17-19(25)22-21(27)24(20(17)26)13-16-3-2-8-29-16/h2-5,8,11-12H,6-7,9-10,13H2,1H3,(H,22,25,27)/b17-12+. The predicted molar refractivity (Wildman–Crippen MR) is 105 cm³/mol. The first-order valence-electron chi connectivity index (χ1n) is 9.37. The van der Waals surface area contributed by atoms with Gasteiger partial charge in [-0.3, -0.25) is 19.8 Å². The molecule has 2 aliphatic rings. The molecule has 2 aromatic rings. The number of anilines is 1. The number of nitrogens with one attached hydrogen (secondary N) is 1. The molecule has 8 heteroatoms. The van der Waals surface area contributed by atoms with E-state index in [0.29, 0.717) is 24.5 Å². The van der Waals surface area contributed by atoms with Crippen LogP contribution in [0.25, 0.3) is 6.08 Å². The lowest BCUT2D eigenvalue weighted by atomic mass is 10.0. The number of hydrogen-bond donors (Lipinski definition) is 1. The van der Waals surface area contributed by atoms with E-state index in [2.05, 4.69) is 10.2 Å². The Balaban J connectivity index is 1.58. The van der Waals surface area contributed by atoms with Gasteiger partial charge in [0.05, 0.1) is 26.0 Å². The van der Waals surface area contributed by atoms with Gasteiger partial charge in [-0.25, -0.2) is 4.79 Å². The van der Waals surface area contributed by atoms with Crippen LogP contribution in [0.15, 0.2) is 46.6 Å². The minimum absolute atomic E-state index is 0.0444. The van der Waals surface area contributed by atoms with E-state index >= 15 is 0 Å². The molecular weight excluding hydrogens is 374 g/mol. The average Bonchev–Trinajstić information content (AvgIpc) is 3.22. The number of benzene rings is 1. The van der Waals surface area contributed by atoms with Gasteiger partial charge < -0.3 is 14.1 Å². The number of imide groups is 2. The number of morpholine rings is 1. The Hall–Kier alpha value is -3.39. The lowest BCUT2D eigenvalue weighted by Crippen LogP contribution is -2.53. The van der Waals surface area contributed by atoms with Gasteiger partial charge in [-0.2, -0.15) is 0 Å². The molecule has 2 saturated heterocycles. The van der Waals surface area contributed by atoms with E-state index in [1.54, 1.807) is 12.1 Å². The Labute approximate surface area is 167 Å². The Morgan fingerprint density at radius 2 is 1.93 bits per heavy atom. The molecule has 0 atom stereocenters. The molecule has 2 aliphatic heterocycles. The maximum atomic E-state index is 12.8. The van der Waals surface area contributed by atoms with Crippen LogP contribution >= 0.6 is 0 Å². The molecule has 0 radical (unpaired) electrons. The fourth-order valence-corrected chi connectivity index (χ4v) is 3.49. The number of rotatable bonds is 4. The molecule has 1 aromatic heterocycles. The van der Waals surface area contributed by atoms with Crippen molar-refractivity contribution >= 4 is 29.6 Å². The molecule has 3 heterocycles. The second-order valence-corrected chi connectivity index (χ2v) is 6.93. The average molecular weight is 395 g/mol. The maximum absolute atomic E-state index is 12.8. The zero-order valence-electron chi connectivity index (χ0n) is 16.0. The van der Waals surface area contributed by atoms with Crippen molar-refractivity contribution in [3.8, 4) is 0 Å². The number of urea groups is 1. The molecule has 0 aliphatic carbocycles. The van der Waals surface area contributed by atoms with Crippen LogP contribution in [0.5, 0.6) is 0 Å². The highest BCUT2D eigenvalue weighted by Gasteiger charge is 2.36. The molecule has 0 spiro atoms. The van der Waals surface area contributed by atoms with Crippen LogP contribution in [0.1, 0.15) is 16.9 Å². The molecule has 1 N–H and O–H groups in total. The van der Waals surface area contributed by atoms with Gasteiger partial charge in [0.15, 0.2) is 0 Å². The number of aryl methyl sites for hydroxylation is 1. The summed E-state index contributed by atoms with van der Waals surface area (Å²) >= 11 is 0. The van der Waals surface area contributed by atoms with Crippen LogP contribution in [-0.2, 0) is 20.9 Å². The van der Waals surface area contributed by atoms with E-state index in [4.69, 9.17) is 9.15 Å². The van der Waals surface area contributed by atoms with Crippen molar-refractivity contribution < 1.29 is 23.5 Å². The second kappa shape index (κ2) is 7.92. The molecule has 0 saturated carbocycles. The SMILES string of the molecule is Cc1cc(/C=C2\C(=O)NC(=O)N(Cc3ccco3)C2=O)ccc1N1CCOCC1. The van der Waals surface area contributed by atoms with Gasteiger partial charge in [0, 0.05) is 18.8 Å². The Bertz CT molecular complexity index is 974. The normalized spacial score (nSPS) is 19.1. The third-order valence-electron chi connectivity index (χ3n) is 4.96. The Morgan fingerprint density at radius 1 is 1.14 bits per heavy atom.